The average molecular weight is 423 g/mol. The van der Waals surface area contributed by atoms with Crippen LogP contribution in [0.25, 0.3) is 0 Å². The van der Waals surface area contributed by atoms with Gasteiger partial charge in [0, 0.05) is 12.7 Å². The molecule has 1 unspecified atom stereocenters. The number of nitrogens with zero attached hydrogens (tertiary/aromatic N) is 1. The van der Waals surface area contributed by atoms with Gasteiger partial charge >= 0.3 is 6.18 Å². The van der Waals surface area contributed by atoms with Crippen LogP contribution in [-0.4, -0.2) is 29.4 Å². The maximum Gasteiger partial charge on any atom is 0.421 e. The molecule has 1 aliphatic rings. The maximum atomic E-state index is 13.5. The van der Waals surface area contributed by atoms with E-state index in [4.69, 9.17) is 9.47 Å². The van der Waals surface area contributed by atoms with E-state index in [0.29, 0.717) is 13.0 Å². The lowest BCUT2D eigenvalue weighted by atomic mass is 10.0. The van der Waals surface area contributed by atoms with E-state index < -0.39 is 17.5 Å². The molecule has 1 N–H and O–H groups in total. The van der Waals surface area contributed by atoms with Crippen molar-refractivity contribution in [1.82, 2.24) is 4.98 Å². The molecule has 1 fully saturated rings. The molecule has 0 spiro atoms. The molecule has 1 aliphatic heterocycles. The van der Waals surface area contributed by atoms with Gasteiger partial charge in [0.2, 0.25) is 5.88 Å². The second kappa shape index (κ2) is 10.2. The number of pyridine rings is 1. The summed E-state index contributed by atoms with van der Waals surface area (Å²) in [6.45, 7) is 2.96. The number of aromatic hydroxyl groups is 1. The lowest BCUT2D eigenvalue weighted by molar-refractivity contribution is -0.139. The molecule has 0 amide bonds. The van der Waals surface area contributed by atoms with Crippen LogP contribution in [0.5, 0.6) is 11.6 Å². The largest absolute Gasteiger partial charge is 0.507 e. The van der Waals surface area contributed by atoms with E-state index in [-0.39, 0.29) is 30.7 Å². The SMILES string of the molecule is CCCc1ccc(CCc2nc(OCC3CCCCO3)cc(O)c2C(F)(F)F)cc1. The van der Waals surface area contributed by atoms with Gasteiger partial charge in [-0.3, -0.25) is 0 Å². The highest BCUT2D eigenvalue weighted by Gasteiger charge is 2.38. The summed E-state index contributed by atoms with van der Waals surface area (Å²) in [7, 11) is 0. The molecule has 1 atom stereocenters. The van der Waals surface area contributed by atoms with Crippen molar-refractivity contribution in [2.45, 2.75) is 64.1 Å². The van der Waals surface area contributed by atoms with E-state index in [1.807, 2.05) is 24.3 Å². The van der Waals surface area contributed by atoms with Crippen LogP contribution in [0.3, 0.4) is 0 Å². The Hall–Kier alpha value is -2.28. The molecule has 1 saturated heterocycles. The number of aromatic nitrogens is 1. The third kappa shape index (κ3) is 6.11. The van der Waals surface area contributed by atoms with Gasteiger partial charge in [-0.25, -0.2) is 4.98 Å². The Morgan fingerprint density at radius 2 is 1.80 bits per heavy atom. The first-order chi connectivity index (χ1) is 14.4. The third-order valence-corrected chi connectivity index (χ3v) is 5.24. The molecular weight excluding hydrogens is 395 g/mol. The minimum absolute atomic E-state index is 0.0111. The molecule has 0 radical (unpaired) electrons. The Bertz CT molecular complexity index is 816. The summed E-state index contributed by atoms with van der Waals surface area (Å²) in [5, 5.41) is 10.1. The molecule has 0 saturated carbocycles. The number of aryl methyl sites for hydroxylation is 3. The minimum atomic E-state index is -4.69. The summed E-state index contributed by atoms with van der Waals surface area (Å²) >= 11 is 0. The van der Waals surface area contributed by atoms with Gasteiger partial charge in [-0.1, -0.05) is 37.6 Å². The van der Waals surface area contributed by atoms with Crippen LogP contribution < -0.4 is 4.74 Å². The number of benzene rings is 1. The van der Waals surface area contributed by atoms with E-state index in [9.17, 15) is 18.3 Å². The molecule has 164 valence electrons. The second-order valence-corrected chi connectivity index (χ2v) is 7.67. The average Bonchev–Trinajstić information content (AvgIpc) is 2.71. The van der Waals surface area contributed by atoms with Crippen molar-refractivity contribution in [2.75, 3.05) is 13.2 Å². The van der Waals surface area contributed by atoms with E-state index >= 15 is 0 Å². The fourth-order valence-corrected chi connectivity index (χ4v) is 3.66. The number of alkyl halides is 3. The fourth-order valence-electron chi connectivity index (χ4n) is 3.66. The molecule has 0 bridgehead atoms. The summed E-state index contributed by atoms with van der Waals surface area (Å²) in [5.74, 6) is -0.867. The van der Waals surface area contributed by atoms with E-state index in [1.54, 1.807) is 0 Å². The number of hydrogen-bond donors (Lipinski definition) is 1. The van der Waals surface area contributed by atoms with Crippen LogP contribution in [0.1, 0.15) is 55.0 Å². The minimum Gasteiger partial charge on any atom is -0.507 e. The Morgan fingerprint density at radius 1 is 1.10 bits per heavy atom. The molecule has 7 heteroatoms. The quantitative estimate of drug-likeness (QED) is 0.610. The van der Waals surface area contributed by atoms with Gasteiger partial charge in [0.05, 0.1) is 11.8 Å². The molecule has 3 rings (SSSR count). The van der Waals surface area contributed by atoms with Crippen LogP contribution in [0.2, 0.25) is 0 Å². The van der Waals surface area contributed by atoms with Crippen molar-refractivity contribution in [1.29, 1.82) is 0 Å². The van der Waals surface area contributed by atoms with Gasteiger partial charge in [0.15, 0.2) is 0 Å². The number of rotatable bonds is 8. The highest BCUT2D eigenvalue weighted by Crippen LogP contribution is 2.39. The Balaban J connectivity index is 1.74. The molecule has 1 aromatic carbocycles. The Labute approximate surface area is 175 Å². The molecule has 0 aliphatic carbocycles. The number of halogens is 3. The van der Waals surface area contributed by atoms with Gasteiger partial charge in [-0.2, -0.15) is 13.2 Å². The molecule has 1 aromatic heterocycles. The standard InChI is InChI=1S/C23H28F3NO3/c1-2-5-16-7-9-17(10-8-16)11-12-19-22(23(24,25)26)20(28)14-21(27-19)30-15-18-6-3-4-13-29-18/h7-10,14,18H,2-6,11-13,15H2,1H3,(H,27,28). The van der Waals surface area contributed by atoms with Crippen molar-refractivity contribution in [3.8, 4) is 11.6 Å². The zero-order valence-electron chi connectivity index (χ0n) is 17.2. The highest BCUT2D eigenvalue weighted by molar-refractivity contribution is 5.42. The molecular formula is C23H28F3NO3. The lowest BCUT2D eigenvalue weighted by Crippen LogP contribution is -2.26. The molecule has 2 aromatic rings. The van der Waals surface area contributed by atoms with Crippen LogP contribution in [0.4, 0.5) is 13.2 Å². The maximum absolute atomic E-state index is 13.5. The normalized spacial score (nSPS) is 17.1. The summed E-state index contributed by atoms with van der Waals surface area (Å²) in [4.78, 5) is 4.09. The van der Waals surface area contributed by atoms with Crippen LogP contribution in [0, 0.1) is 0 Å². The van der Waals surface area contributed by atoms with Crippen LogP contribution >= 0.6 is 0 Å². The first-order valence-electron chi connectivity index (χ1n) is 10.5. The zero-order chi connectivity index (χ0) is 21.6. The van der Waals surface area contributed by atoms with Gasteiger partial charge in [0.1, 0.15) is 17.9 Å². The van der Waals surface area contributed by atoms with Crippen LogP contribution in [0.15, 0.2) is 30.3 Å². The fraction of sp³-hybridized carbons (Fsp3) is 0.522. The number of ether oxygens (including phenoxy) is 2. The van der Waals surface area contributed by atoms with Crippen molar-refractivity contribution in [2.24, 2.45) is 0 Å². The van der Waals surface area contributed by atoms with E-state index in [0.717, 1.165) is 43.7 Å². The van der Waals surface area contributed by atoms with Gasteiger partial charge in [0.25, 0.3) is 0 Å². The Kier molecular flexibility index (Phi) is 7.58. The lowest BCUT2D eigenvalue weighted by Gasteiger charge is -2.23. The predicted molar refractivity (Wildman–Crippen MR) is 108 cm³/mol. The van der Waals surface area contributed by atoms with Gasteiger partial charge in [-0.15, -0.1) is 0 Å². The summed E-state index contributed by atoms with van der Waals surface area (Å²) < 4.78 is 51.7. The predicted octanol–water partition coefficient (Wildman–Crippen LogP) is 5.49. The second-order valence-electron chi connectivity index (χ2n) is 7.67. The monoisotopic (exact) mass is 423 g/mol. The van der Waals surface area contributed by atoms with Crippen molar-refractivity contribution in [3.05, 3.63) is 52.7 Å². The molecule has 4 nitrogen and oxygen atoms in total. The van der Waals surface area contributed by atoms with Crippen LogP contribution in [-0.2, 0) is 30.2 Å². The summed E-state index contributed by atoms with van der Waals surface area (Å²) in [6, 6.07) is 8.79. The first kappa shape index (κ1) is 22.4. The van der Waals surface area contributed by atoms with E-state index in [2.05, 4.69) is 11.9 Å². The molecule has 30 heavy (non-hydrogen) atoms. The summed E-state index contributed by atoms with van der Waals surface area (Å²) in [6.07, 6.45) is 0.519. The highest BCUT2D eigenvalue weighted by atomic mass is 19.4. The number of hydrogen-bond acceptors (Lipinski definition) is 4. The van der Waals surface area contributed by atoms with Crippen molar-refractivity contribution in [3.63, 3.8) is 0 Å². The third-order valence-electron chi connectivity index (χ3n) is 5.24. The smallest absolute Gasteiger partial charge is 0.421 e. The van der Waals surface area contributed by atoms with Gasteiger partial charge < -0.3 is 14.6 Å². The zero-order valence-corrected chi connectivity index (χ0v) is 17.2. The first-order valence-corrected chi connectivity index (χ1v) is 10.5. The summed E-state index contributed by atoms with van der Waals surface area (Å²) in [5.41, 5.74) is 0.825. The van der Waals surface area contributed by atoms with Crippen molar-refractivity contribution >= 4 is 0 Å². The van der Waals surface area contributed by atoms with Crippen molar-refractivity contribution < 1.29 is 27.8 Å². The van der Waals surface area contributed by atoms with E-state index in [1.165, 1.54) is 5.56 Å². The topological polar surface area (TPSA) is 51.6 Å². The Morgan fingerprint density at radius 3 is 2.40 bits per heavy atom. The molecule has 2 heterocycles. The van der Waals surface area contributed by atoms with Gasteiger partial charge in [-0.05, 0) is 49.7 Å².